The standard InChI is InChI=1S/C31H37N3O3/c1-23(2)26-11-4-7-14-29(26)37-22-9-8-21-34-28-13-6-5-12-27(28)33-30(34)15-10-20-32-31(35)24-16-18-25(36-3)19-17-24/h4-7,11-14,16-19,23H,8-10,15,20-22H2,1-3H3,(H,32,35). The molecule has 3 aromatic carbocycles. The minimum absolute atomic E-state index is 0.0739. The molecule has 0 radical (unpaired) electrons. The number of nitrogens with one attached hydrogen (secondary N) is 1. The Morgan fingerprint density at radius 3 is 2.49 bits per heavy atom. The zero-order chi connectivity index (χ0) is 26.0. The number of carbonyl (C=O) groups excluding carboxylic acids is 1. The van der Waals surface area contributed by atoms with Gasteiger partial charge in [-0.2, -0.15) is 0 Å². The normalized spacial score (nSPS) is 11.1. The van der Waals surface area contributed by atoms with Crippen LogP contribution in [-0.2, 0) is 13.0 Å². The summed E-state index contributed by atoms with van der Waals surface area (Å²) >= 11 is 0. The van der Waals surface area contributed by atoms with E-state index in [0.717, 1.165) is 60.6 Å². The Labute approximate surface area is 219 Å². The molecule has 0 saturated carbocycles. The zero-order valence-corrected chi connectivity index (χ0v) is 22.1. The van der Waals surface area contributed by atoms with Crippen LogP contribution in [-0.4, -0.2) is 35.7 Å². The molecule has 1 amide bonds. The predicted molar refractivity (Wildman–Crippen MR) is 149 cm³/mol. The molecule has 6 nitrogen and oxygen atoms in total. The number of para-hydroxylation sites is 3. The second-order valence-corrected chi connectivity index (χ2v) is 9.50. The maximum absolute atomic E-state index is 12.4. The molecule has 0 fully saturated rings. The molecular weight excluding hydrogens is 462 g/mol. The number of unbranched alkanes of at least 4 members (excludes halogenated alkanes) is 1. The van der Waals surface area contributed by atoms with E-state index in [-0.39, 0.29) is 5.91 Å². The van der Waals surface area contributed by atoms with E-state index < -0.39 is 0 Å². The molecule has 0 spiro atoms. The second-order valence-electron chi connectivity index (χ2n) is 9.50. The molecule has 0 unspecified atom stereocenters. The van der Waals surface area contributed by atoms with Gasteiger partial charge in [0.25, 0.3) is 5.91 Å². The van der Waals surface area contributed by atoms with E-state index in [1.807, 2.05) is 12.1 Å². The van der Waals surface area contributed by atoms with Crippen LogP contribution >= 0.6 is 0 Å². The monoisotopic (exact) mass is 499 g/mol. The van der Waals surface area contributed by atoms with Crippen molar-refractivity contribution in [3.8, 4) is 11.5 Å². The molecule has 6 heteroatoms. The van der Waals surface area contributed by atoms with Crippen LogP contribution in [0.4, 0.5) is 0 Å². The number of hydrogen-bond acceptors (Lipinski definition) is 4. The van der Waals surface area contributed by atoms with Gasteiger partial charge in [0.1, 0.15) is 17.3 Å². The number of nitrogens with zero attached hydrogens (tertiary/aromatic N) is 2. The Morgan fingerprint density at radius 1 is 0.946 bits per heavy atom. The zero-order valence-electron chi connectivity index (χ0n) is 22.1. The van der Waals surface area contributed by atoms with Gasteiger partial charge in [-0.05, 0) is 73.2 Å². The molecule has 1 heterocycles. The molecule has 0 aliphatic rings. The quantitative estimate of drug-likeness (QED) is 0.217. The number of rotatable bonds is 13. The van der Waals surface area contributed by atoms with Gasteiger partial charge in [-0.15, -0.1) is 0 Å². The molecule has 4 aromatic rings. The van der Waals surface area contributed by atoms with E-state index in [4.69, 9.17) is 14.5 Å². The van der Waals surface area contributed by atoms with Gasteiger partial charge in [-0.3, -0.25) is 4.79 Å². The highest BCUT2D eigenvalue weighted by molar-refractivity contribution is 5.94. The number of aryl methyl sites for hydroxylation is 2. The average Bonchev–Trinajstić information content (AvgIpc) is 3.28. The Hall–Kier alpha value is -3.80. The average molecular weight is 500 g/mol. The summed E-state index contributed by atoms with van der Waals surface area (Å²) in [4.78, 5) is 17.3. The van der Waals surface area contributed by atoms with Gasteiger partial charge in [-0.1, -0.05) is 44.2 Å². The number of aromatic nitrogens is 2. The van der Waals surface area contributed by atoms with Gasteiger partial charge >= 0.3 is 0 Å². The number of methoxy groups -OCH3 is 1. The predicted octanol–water partition coefficient (Wildman–Crippen LogP) is 6.39. The summed E-state index contributed by atoms with van der Waals surface area (Å²) in [5.74, 6) is 3.16. The molecular formula is C31H37N3O3. The maximum atomic E-state index is 12.4. The molecule has 0 bridgehead atoms. The largest absolute Gasteiger partial charge is 0.497 e. The van der Waals surface area contributed by atoms with E-state index in [0.29, 0.717) is 24.6 Å². The van der Waals surface area contributed by atoms with Crippen LogP contribution in [0, 0.1) is 0 Å². The molecule has 4 rings (SSSR count). The van der Waals surface area contributed by atoms with E-state index in [2.05, 4.69) is 60.1 Å². The van der Waals surface area contributed by atoms with Crippen LogP contribution in [0.15, 0.2) is 72.8 Å². The fourth-order valence-electron chi connectivity index (χ4n) is 4.50. The first-order valence-electron chi connectivity index (χ1n) is 13.1. The topological polar surface area (TPSA) is 65.4 Å². The van der Waals surface area contributed by atoms with Crippen LogP contribution in [0.2, 0.25) is 0 Å². The Morgan fingerprint density at radius 2 is 1.70 bits per heavy atom. The number of benzene rings is 3. The summed E-state index contributed by atoms with van der Waals surface area (Å²) in [5, 5.41) is 3.01. The number of carbonyl (C=O) groups is 1. The number of amides is 1. The van der Waals surface area contributed by atoms with Crippen molar-refractivity contribution in [2.24, 2.45) is 0 Å². The highest BCUT2D eigenvalue weighted by Gasteiger charge is 2.12. The molecule has 0 atom stereocenters. The van der Waals surface area contributed by atoms with Crippen molar-refractivity contribution >= 4 is 16.9 Å². The van der Waals surface area contributed by atoms with Crippen LogP contribution in [0.5, 0.6) is 11.5 Å². The number of imidazole rings is 1. The van der Waals surface area contributed by atoms with Gasteiger partial charge in [0.15, 0.2) is 0 Å². The van der Waals surface area contributed by atoms with Crippen molar-refractivity contribution < 1.29 is 14.3 Å². The van der Waals surface area contributed by atoms with E-state index in [9.17, 15) is 4.79 Å². The lowest BCUT2D eigenvalue weighted by molar-refractivity contribution is 0.0953. The Balaban J connectivity index is 1.29. The van der Waals surface area contributed by atoms with E-state index >= 15 is 0 Å². The lowest BCUT2D eigenvalue weighted by atomic mass is 10.0. The van der Waals surface area contributed by atoms with Gasteiger partial charge in [0, 0.05) is 25.1 Å². The summed E-state index contributed by atoms with van der Waals surface area (Å²) in [5.41, 5.74) is 4.06. The summed E-state index contributed by atoms with van der Waals surface area (Å²) in [6, 6.07) is 23.7. The summed E-state index contributed by atoms with van der Waals surface area (Å²) in [6.07, 6.45) is 3.60. The van der Waals surface area contributed by atoms with Gasteiger partial charge in [0.05, 0.1) is 24.8 Å². The van der Waals surface area contributed by atoms with E-state index in [1.54, 1.807) is 31.4 Å². The van der Waals surface area contributed by atoms with Crippen LogP contribution in [0.3, 0.4) is 0 Å². The van der Waals surface area contributed by atoms with Crippen molar-refractivity contribution in [1.29, 1.82) is 0 Å². The maximum Gasteiger partial charge on any atom is 0.251 e. The first-order valence-corrected chi connectivity index (χ1v) is 13.1. The van der Waals surface area contributed by atoms with Gasteiger partial charge in [0.2, 0.25) is 0 Å². The van der Waals surface area contributed by atoms with Crippen molar-refractivity contribution in [2.45, 2.75) is 52.0 Å². The number of ether oxygens (including phenoxy) is 2. The number of hydrogen-bond donors (Lipinski definition) is 1. The third kappa shape index (κ3) is 6.91. The molecule has 0 aliphatic carbocycles. The number of fused-ring (bicyclic) bond motifs is 1. The van der Waals surface area contributed by atoms with Gasteiger partial charge < -0.3 is 19.4 Å². The fourth-order valence-corrected chi connectivity index (χ4v) is 4.50. The lowest BCUT2D eigenvalue weighted by Crippen LogP contribution is -2.25. The van der Waals surface area contributed by atoms with Crippen LogP contribution in [0.1, 0.15) is 60.8 Å². The third-order valence-corrected chi connectivity index (χ3v) is 6.52. The van der Waals surface area contributed by atoms with Crippen molar-refractivity contribution in [3.63, 3.8) is 0 Å². The summed E-state index contributed by atoms with van der Waals surface area (Å²) in [7, 11) is 1.61. The minimum Gasteiger partial charge on any atom is -0.497 e. The smallest absolute Gasteiger partial charge is 0.251 e. The first-order chi connectivity index (χ1) is 18.1. The summed E-state index contributed by atoms with van der Waals surface area (Å²) in [6.45, 7) is 6.57. The lowest BCUT2D eigenvalue weighted by Gasteiger charge is -2.14. The van der Waals surface area contributed by atoms with Crippen LogP contribution in [0.25, 0.3) is 11.0 Å². The molecule has 0 saturated heterocycles. The molecule has 194 valence electrons. The SMILES string of the molecule is COc1ccc(C(=O)NCCCc2nc3ccccc3n2CCCCOc2ccccc2C(C)C)cc1. The second kappa shape index (κ2) is 12.9. The summed E-state index contributed by atoms with van der Waals surface area (Å²) < 4.78 is 13.6. The van der Waals surface area contributed by atoms with Crippen molar-refractivity contribution in [3.05, 3.63) is 89.7 Å². The van der Waals surface area contributed by atoms with Crippen LogP contribution < -0.4 is 14.8 Å². The molecule has 1 N–H and O–H groups in total. The van der Waals surface area contributed by atoms with E-state index in [1.165, 1.54) is 5.56 Å². The first kappa shape index (κ1) is 26.3. The van der Waals surface area contributed by atoms with Gasteiger partial charge in [-0.25, -0.2) is 4.98 Å². The fraction of sp³-hybridized carbons (Fsp3) is 0.355. The minimum atomic E-state index is -0.0739. The molecule has 1 aromatic heterocycles. The Bertz CT molecular complexity index is 1290. The molecule has 0 aliphatic heterocycles. The van der Waals surface area contributed by atoms with Crippen molar-refractivity contribution in [1.82, 2.24) is 14.9 Å². The van der Waals surface area contributed by atoms with Crippen molar-refractivity contribution in [2.75, 3.05) is 20.3 Å². The highest BCUT2D eigenvalue weighted by Crippen LogP contribution is 2.26. The Kier molecular flexibility index (Phi) is 9.19. The highest BCUT2D eigenvalue weighted by atomic mass is 16.5. The third-order valence-electron chi connectivity index (χ3n) is 6.52. The molecule has 37 heavy (non-hydrogen) atoms.